The fourth-order valence-electron chi connectivity index (χ4n) is 1.81. The monoisotopic (exact) mass is 245 g/mol. The van der Waals surface area contributed by atoms with Crippen LogP contribution in [0.5, 0.6) is 0 Å². The summed E-state index contributed by atoms with van der Waals surface area (Å²) in [7, 11) is 1.67. The lowest BCUT2D eigenvalue weighted by molar-refractivity contribution is -0.146. The number of rotatable bonds is 9. The van der Waals surface area contributed by atoms with E-state index in [9.17, 15) is 4.79 Å². The van der Waals surface area contributed by atoms with Crippen LogP contribution in [0, 0.1) is 5.92 Å². The van der Waals surface area contributed by atoms with Crippen molar-refractivity contribution in [3.63, 3.8) is 0 Å². The number of hydrogen-bond donors (Lipinski definition) is 1. The first-order chi connectivity index (χ1) is 8.33. The summed E-state index contributed by atoms with van der Waals surface area (Å²) in [5.41, 5.74) is 0. The Labute approximate surface area is 103 Å². The molecule has 1 aliphatic heterocycles. The molecule has 0 aromatic rings. The lowest BCUT2D eigenvalue weighted by Crippen LogP contribution is -2.16. The van der Waals surface area contributed by atoms with Gasteiger partial charge in [0.2, 0.25) is 0 Å². The van der Waals surface area contributed by atoms with Gasteiger partial charge in [0.05, 0.1) is 6.61 Å². The summed E-state index contributed by atoms with van der Waals surface area (Å²) in [5, 5.41) is 3.23. The minimum Gasteiger partial charge on any atom is -0.463 e. The zero-order chi connectivity index (χ0) is 12.3. The molecule has 5 nitrogen and oxygen atoms in total. The first kappa shape index (κ1) is 14.4. The van der Waals surface area contributed by atoms with Gasteiger partial charge in [0.1, 0.15) is 6.61 Å². The van der Waals surface area contributed by atoms with Crippen LogP contribution in [0.2, 0.25) is 0 Å². The fourth-order valence-corrected chi connectivity index (χ4v) is 1.81. The largest absolute Gasteiger partial charge is 0.463 e. The van der Waals surface area contributed by atoms with Crippen molar-refractivity contribution < 1.29 is 19.0 Å². The minimum absolute atomic E-state index is 0.112. The fraction of sp³-hybridized carbons (Fsp3) is 0.917. The van der Waals surface area contributed by atoms with Gasteiger partial charge in [0.25, 0.3) is 0 Å². The molecule has 0 amide bonds. The van der Waals surface area contributed by atoms with Crippen molar-refractivity contribution in [2.24, 2.45) is 5.92 Å². The van der Waals surface area contributed by atoms with E-state index in [0.717, 1.165) is 25.9 Å². The summed E-state index contributed by atoms with van der Waals surface area (Å²) >= 11 is 0. The van der Waals surface area contributed by atoms with E-state index in [-0.39, 0.29) is 5.97 Å². The predicted octanol–water partition coefficient (Wildman–Crippen LogP) is 0.582. The number of ether oxygens (including phenoxy) is 3. The van der Waals surface area contributed by atoms with Crippen molar-refractivity contribution in [1.82, 2.24) is 5.32 Å². The highest BCUT2D eigenvalue weighted by molar-refractivity contribution is 5.69. The molecule has 1 rings (SSSR count). The average molecular weight is 245 g/mol. The van der Waals surface area contributed by atoms with Gasteiger partial charge >= 0.3 is 5.97 Å². The van der Waals surface area contributed by atoms with Crippen LogP contribution in [-0.2, 0) is 19.0 Å². The predicted molar refractivity (Wildman–Crippen MR) is 63.9 cm³/mol. The lowest BCUT2D eigenvalue weighted by Gasteiger charge is -2.08. The maximum atomic E-state index is 11.4. The van der Waals surface area contributed by atoms with Crippen molar-refractivity contribution in [2.75, 3.05) is 46.6 Å². The van der Waals surface area contributed by atoms with Crippen LogP contribution in [0.4, 0.5) is 0 Å². The van der Waals surface area contributed by atoms with Gasteiger partial charge in [-0.05, 0) is 31.8 Å². The van der Waals surface area contributed by atoms with E-state index in [2.05, 4.69) is 5.32 Å². The van der Waals surface area contributed by atoms with E-state index in [1.807, 2.05) is 0 Å². The number of hydrogen-bond acceptors (Lipinski definition) is 5. The Hall–Kier alpha value is -0.650. The second-order valence-corrected chi connectivity index (χ2v) is 4.24. The van der Waals surface area contributed by atoms with Crippen LogP contribution < -0.4 is 5.32 Å². The summed E-state index contributed by atoms with van der Waals surface area (Å²) in [5.74, 6) is 0.337. The second-order valence-electron chi connectivity index (χ2n) is 4.24. The molecular weight excluding hydrogens is 222 g/mol. The molecule has 0 aliphatic carbocycles. The van der Waals surface area contributed by atoms with E-state index in [1.165, 1.54) is 0 Å². The summed E-state index contributed by atoms with van der Waals surface area (Å²) in [6, 6.07) is 0. The van der Waals surface area contributed by atoms with Crippen molar-refractivity contribution in [2.45, 2.75) is 19.3 Å². The van der Waals surface area contributed by atoms with Crippen molar-refractivity contribution in [3.05, 3.63) is 0 Å². The highest BCUT2D eigenvalue weighted by atomic mass is 16.6. The average Bonchev–Trinajstić information content (AvgIpc) is 2.80. The molecule has 1 atom stereocenters. The van der Waals surface area contributed by atoms with E-state index in [4.69, 9.17) is 14.2 Å². The molecule has 1 saturated heterocycles. The molecule has 0 radical (unpaired) electrons. The van der Waals surface area contributed by atoms with E-state index < -0.39 is 0 Å². The van der Waals surface area contributed by atoms with Gasteiger partial charge in [-0.1, -0.05) is 0 Å². The summed E-state index contributed by atoms with van der Waals surface area (Å²) < 4.78 is 15.3. The highest BCUT2D eigenvalue weighted by Gasteiger charge is 2.18. The third-order valence-electron chi connectivity index (χ3n) is 2.75. The maximum absolute atomic E-state index is 11.4. The molecule has 0 aromatic heterocycles. The molecule has 1 N–H and O–H groups in total. The third kappa shape index (κ3) is 7.31. The molecule has 0 bridgehead atoms. The molecule has 1 aliphatic rings. The van der Waals surface area contributed by atoms with Crippen LogP contribution in [0.25, 0.3) is 0 Å². The van der Waals surface area contributed by atoms with Gasteiger partial charge in [-0.15, -0.1) is 0 Å². The Kier molecular flexibility index (Phi) is 7.96. The van der Waals surface area contributed by atoms with Gasteiger partial charge < -0.3 is 19.5 Å². The van der Waals surface area contributed by atoms with E-state index in [1.54, 1.807) is 7.11 Å². The van der Waals surface area contributed by atoms with Crippen molar-refractivity contribution >= 4 is 5.97 Å². The Morgan fingerprint density at radius 2 is 2.18 bits per heavy atom. The standard InChI is InChI=1S/C12H23NO4/c1-15-5-2-6-16-7-8-17-12(14)9-11-3-4-13-10-11/h11,13H,2-10H2,1H3. The quantitative estimate of drug-likeness (QED) is 0.476. The normalized spacial score (nSPS) is 19.5. The lowest BCUT2D eigenvalue weighted by atomic mass is 10.1. The summed E-state index contributed by atoms with van der Waals surface area (Å²) in [6.45, 7) is 4.12. The van der Waals surface area contributed by atoms with E-state index in [0.29, 0.717) is 38.8 Å². The molecule has 0 saturated carbocycles. The number of esters is 1. The van der Waals surface area contributed by atoms with Gasteiger partial charge in [-0.2, -0.15) is 0 Å². The third-order valence-corrected chi connectivity index (χ3v) is 2.75. The number of carbonyl (C=O) groups is 1. The highest BCUT2D eigenvalue weighted by Crippen LogP contribution is 2.12. The molecule has 0 aromatic carbocycles. The Morgan fingerprint density at radius 3 is 2.88 bits per heavy atom. The Balaban J connectivity index is 1.86. The Bertz CT molecular complexity index is 205. The van der Waals surface area contributed by atoms with Crippen LogP contribution in [0.15, 0.2) is 0 Å². The summed E-state index contributed by atoms with van der Waals surface area (Å²) in [6.07, 6.45) is 2.47. The molecule has 17 heavy (non-hydrogen) atoms. The Morgan fingerprint density at radius 1 is 1.29 bits per heavy atom. The van der Waals surface area contributed by atoms with Gasteiger partial charge in [0.15, 0.2) is 0 Å². The minimum atomic E-state index is -0.112. The molecule has 1 fully saturated rings. The summed E-state index contributed by atoms with van der Waals surface area (Å²) in [4.78, 5) is 11.4. The second kappa shape index (κ2) is 9.39. The molecular formula is C12H23NO4. The number of nitrogens with one attached hydrogen (secondary N) is 1. The van der Waals surface area contributed by atoms with Crippen molar-refractivity contribution in [3.8, 4) is 0 Å². The molecule has 100 valence electrons. The molecule has 1 unspecified atom stereocenters. The first-order valence-corrected chi connectivity index (χ1v) is 6.26. The smallest absolute Gasteiger partial charge is 0.306 e. The number of methoxy groups -OCH3 is 1. The molecule has 0 spiro atoms. The molecule has 5 heteroatoms. The van der Waals surface area contributed by atoms with E-state index >= 15 is 0 Å². The van der Waals surface area contributed by atoms with Crippen LogP contribution >= 0.6 is 0 Å². The molecule has 1 heterocycles. The first-order valence-electron chi connectivity index (χ1n) is 6.26. The maximum Gasteiger partial charge on any atom is 0.306 e. The van der Waals surface area contributed by atoms with Crippen molar-refractivity contribution in [1.29, 1.82) is 0 Å². The zero-order valence-electron chi connectivity index (χ0n) is 10.6. The van der Waals surface area contributed by atoms with Gasteiger partial charge in [-0.25, -0.2) is 0 Å². The van der Waals surface area contributed by atoms with Gasteiger partial charge in [0, 0.05) is 26.7 Å². The van der Waals surface area contributed by atoms with Crippen LogP contribution in [-0.4, -0.2) is 52.6 Å². The number of carbonyl (C=O) groups excluding carboxylic acids is 1. The zero-order valence-corrected chi connectivity index (χ0v) is 10.6. The van der Waals surface area contributed by atoms with Crippen LogP contribution in [0.1, 0.15) is 19.3 Å². The SMILES string of the molecule is COCCCOCCOC(=O)CC1CCNC1. The van der Waals surface area contributed by atoms with Gasteiger partial charge in [-0.3, -0.25) is 4.79 Å². The van der Waals surface area contributed by atoms with Crippen LogP contribution in [0.3, 0.4) is 0 Å². The topological polar surface area (TPSA) is 56.8 Å².